The van der Waals surface area contributed by atoms with Gasteiger partial charge in [0.1, 0.15) is 12.1 Å². The second kappa shape index (κ2) is 28.2. The van der Waals surface area contributed by atoms with Crippen molar-refractivity contribution < 1.29 is 48.6 Å². The van der Waals surface area contributed by atoms with E-state index in [-0.39, 0.29) is 68.5 Å². The fourth-order valence-corrected chi connectivity index (χ4v) is 7.04. The highest BCUT2D eigenvalue weighted by molar-refractivity contribution is 5.95. The quantitative estimate of drug-likeness (QED) is 0.0526. The van der Waals surface area contributed by atoms with Gasteiger partial charge in [0.15, 0.2) is 5.78 Å². The fraction of sp³-hybridized carbons (Fsp3) is 0.708. The van der Waals surface area contributed by atoms with Gasteiger partial charge in [-0.1, -0.05) is 105 Å². The second-order valence-corrected chi connectivity index (χ2v) is 19.5. The van der Waals surface area contributed by atoms with Gasteiger partial charge in [-0.25, -0.2) is 0 Å². The largest absolute Gasteiger partial charge is 0.392 e. The predicted molar refractivity (Wildman–Crippen MR) is 250 cm³/mol. The van der Waals surface area contributed by atoms with Crippen LogP contribution < -0.4 is 37.2 Å². The summed E-state index contributed by atoms with van der Waals surface area (Å²) >= 11 is 0. The van der Waals surface area contributed by atoms with Crippen LogP contribution in [-0.2, 0) is 44.8 Å². The van der Waals surface area contributed by atoms with Crippen molar-refractivity contribution in [2.75, 3.05) is 32.7 Å². The number of ketones is 1. The van der Waals surface area contributed by atoms with E-state index < -0.39 is 76.6 Å². The van der Waals surface area contributed by atoms with Gasteiger partial charge in [-0.15, -0.1) is 0 Å². The van der Waals surface area contributed by atoms with Crippen LogP contribution in [0.25, 0.3) is 0 Å². The van der Waals surface area contributed by atoms with Crippen molar-refractivity contribution in [3.63, 3.8) is 0 Å². The van der Waals surface area contributed by atoms with Crippen LogP contribution >= 0.6 is 0 Å². The van der Waals surface area contributed by atoms with E-state index in [1.165, 1.54) is 6.92 Å². The average Bonchev–Trinajstić information content (AvgIpc) is 3.23. The third-order valence-corrected chi connectivity index (χ3v) is 11.8. The Labute approximate surface area is 386 Å². The molecule has 0 radical (unpaired) electrons. The number of amides is 7. The van der Waals surface area contributed by atoms with Crippen molar-refractivity contribution in [3.8, 4) is 0 Å². The molecular formula is C48H81N7O10. The number of aliphatic hydroxyl groups is 2. The molecule has 1 aromatic carbocycles. The van der Waals surface area contributed by atoms with Crippen LogP contribution in [0.5, 0.6) is 0 Å². The van der Waals surface area contributed by atoms with Crippen LogP contribution in [0, 0.1) is 28.1 Å². The van der Waals surface area contributed by atoms with Gasteiger partial charge in [0, 0.05) is 41.7 Å². The number of hydrogen-bond donors (Lipinski definition) is 9. The van der Waals surface area contributed by atoms with Gasteiger partial charge in [0.05, 0.1) is 31.8 Å². The maximum Gasteiger partial charge on any atom is 0.243 e. The number of Topliss-reactive ketones (excluding diaryl/α,β-unsaturated/α-hetero) is 1. The topological polar surface area (TPSA) is 261 Å². The van der Waals surface area contributed by atoms with Crippen molar-refractivity contribution in [2.24, 2.45) is 28.1 Å². The lowest BCUT2D eigenvalue weighted by molar-refractivity contribution is -0.135. The van der Waals surface area contributed by atoms with Crippen LogP contribution in [0.1, 0.15) is 133 Å². The summed E-state index contributed by atoms with van der Waals surface area (Å²) in [6.07, 6.45) is 1.67. The monoisotopic (exact) mass is 916 g/mol. The molecule has 6 atom stereocenters. The van der Waals surface area contributed by atoms with Gasteiger partial charge in [-0.3, -0.25) is 38.4 Å². The van der Waals surface area contributed by atoms with Crippen LogP contribution in [0.15, 0.2) is 30.3 Å². The third kappa shape index (κ3) is 22.2. The van der Waals surface area contributed by atoms with Crippen LogP contribution in [0.2, 0.25) is 0 Å². The van der Waals surface area contributed by atoms with E-state index in [9.17, 15) is 48.6 Å². The van der Waals surface area contributed by atoms with E-state index in [1.54, 1.807) is 72.7 Å². The smallest absolute Gasteiger partial charge is 0.243 e. The molecule has 4 unspecified atom stereocenters. The highest BCUT2D eigenvalue weighted by atomic mass is 16.3. The number of benzene rings is 1. The van der Waals surface area contributed by atoms with Crippen molar-refractivity contribution in [2.45, 2.75) is 158 Å². The minimum Gasteiger partial charge on any atom is -0.392 e. The molecule has 0 aliphatic rings. The predicted octanol–water partition coefficient (Wildman–Crippen LogP) is 2.60. The zero-order chi connectivity index (χ0) is 49.5. The molecule has 0 heterocycles. The van der Waals surface area contributed by atoms with E-state index in [0.717, 1.165) is 5.56 Å². The molecule has 368 valence electrons. The molecule has 0 aliphatic heterocycles. The number of rotatable bonds is 31. The Hall–Kier alpha value is -4.90. The van der Waals surface area contributed by atoms with Crippen molar-refractivity contribution in [1.29, 1.82) is 0 Å². The first kappa shape index (κ1) is 58.1. The molecule has 65 heavy (non-hydrogen) atoms. The Balaban J connectivity index is 3.27. The minimum atomic E-state index is -1.13. The molecule has 0 aromatic heterocycles. The van der Waals surface area contributed by atoms with Gasteiger partial charge in [-0.2, -0.15) is 0 Å². The molecule has 1 aromatic rings. The van der Waals surface area contributed by atoms with Gasteiger partial charge in [0.2, 0.25) is 41.4 Å². The van der Waals surface area contributed by atoms with Crippen LogP contribution in [0.4, 0.5) is 0 Å². The number of aliphatic hydroxyl groups excluding tert-OH is 2. The molecular weight excluding hydrogens is 835 g/mol. The second-order valence-electron chi connectivity index (χ2n) is 19.5. The van der Waals surface area contributed by atoms with Crippen molar-refractivity contribution in [3.05, 3.63) is 35.9 Å². The number of carbonyl (C=O) groups excluding carboxylic acids is 8. The van der Waals surface area contributed by atoms with Crippen LogP contribution in [-0.4, -0.2) is 114 Å². The minimum absolute atomic E-state index is 0.00449. The Morgan fingerprint density at radius 3 is 1.63 bits per heavy atom. The summed E-state index contributed by atoms with van der Waals surface area (Å²) in [5.74, 6) is -3.65. The third-order valence-electron chi connectivity index (χ3n) is 11.8. The Morgan fingerprint density at radius 1 is 0.569 bits per heavy atom. The average molecular weight is 916 g/mol. The summed E-state index contributed by atoms with van der Waals surface area (Å²) in [4.78, 5) is 106. The number of carbonyl (C=O) groups is 8. The summed E-state index contributed by atoms with van der Waals surface area (Å²) in [5.41, 5.74) is -2.01. The zero-order valence-corrected chi connectivity index (χ0v) is 40.9. The van der Waals surface area contributed by atoms with Crippen molar-refractivity contribution >= 4 is 47.1 Å². The first-order chi connectivity index (χ1) is 30.2. The first-order valence-electron chi connectivity index (χ1n) is 23.2. The molecule has 9 N–H and O–H groups in total. The molecule has 0 saturated heterocycles. The molecule has 17 heteroatoms. The summed E-state index contributed by atoms with van der Waals surface area (Å²) in [6, 6.07) is 6.91. The molecule has 1 rings (SSSR count). The van der Waals surface area contributed by atoms with E-state index in [0.29, 0.717) is 44.9 Å². The molecule has 0 aliphatic carbocycles. The van der Waals surface area contributed by atoms with Crippen molar-refractivity contribution in [1.82, 2.24) is 37.2 Å². The SMILES string of the molecule is CCC(C)(CCCC(C)(CCCC(C)(C)C(=O)NCC(C)O)C(=O)NCC(=O)N[C@@H](Cc1ccccc1)C(=O)N[C@@H](CC(C)C)C(=O)NCC(=O)C(C)C)C(=O)NCC(=O)NCC(C)O. The lowest BCUT2D eigenvalue weighted by Crippen LogP contribution is -2.56. The molecule has 0 fully saturated rings. The van der Waals surface area contributed by atoms with E-state index in [2.05, 4.69) is 37.2 Å². The molecule has 0 spiro atoms. The molecule has 17 nitrogen and oxygen atoms in total. The van der Waals surface area contributed by atoms with E-state index >= 15 is 0 Å². The zero-order valence-electron chi connectivity index (χ0n) is 40.9. The standard InChI is InChI=1S/C48H81N7O10/c1-12-47(10,44(64)52-29-39(59)49-26-33(6)56)21-17-23-48(11,22-16-20-46(8,9)43(63)51-27-34(7)57)45(65)53-30-40(60)54-37(25-35-18-14-13-15-19-35)42(62)55-36(24-31(2)3)41(61)50-28-38(58)32(4)5/h13-15,18-19,31-34,36-37,56-57H,12,16-17,20-30H2,1-11H3,(H,49,59)(H,50,61)(H,51,63)(H,52,64)(H,53,65)(H,54,60)(H,55,62)/t33?,34?,36-,37-,47?,48?/m0/s1. The first-order valence-corrected chi connectivity index (χ1v) is 23.2. The molecule has 7 amide bonds. The number of hydrogen-bond acceptors (Lipinski definition) is 10. The molecule has 0 saturated carbocycles. The van der Waals surface area contributed by atoms with E-state index in [1.807, 2.05) is 26.8 Å². The molecule has 0 bridgehead atoms. The maximum absolute atomic E-state index is 14.2. The Morgan fingerprint density at radius 2 is 1.09 bits per heavy atom. The van der Waals surface area contributed by atoms with E-state index in [4.69, 9.17) is 0 Å². The Bertz CT molecular complexity index is 1720. The van der Waals surface area contributed by atoms with Gasteiger partial charge < -0.3 is 47.4 Å². The van der Waals surface area contributed by atoms with Crippen LogP contribution in [0.3, 0.4) is 0 Å². The summed E-state index contributed by atoms with van der Waals surface area (Å²) in [6.45, 7) is 18.6. The lowest BCUT2D eigenvalue weighted by Gasteiger charge is -2.33. The summed E-state index contributed by atoms with van der Waals surface area (Å²) in [7, 11) is 0. The Kier molecular flexibility index (Phi) is 25.2. The highest BCUT2D eigenvalue weighted by Gasteiger charge is 2.38. The van der Waals surface area contributed by atoms with Gasteiger partial charge >= 0.3 is 0 Å². The fourth-order valence-electron chi connectivity index (χ4n) is 7.04. The van der Waals surface area contributed by atoms with Gasteiger partial charge in [0.25, 0.3) is 0 Å². The highest BCUT2D eigenvalue weighted by Crippen LogP contribution is 2.37. The maximum atomic E-state index is 14.2. The number of nitrogens with one attached hydrogen (secondary N) is 7. The summed E-state index contributed by atoms with van der Waals surface area (Å²) < 4.78 is 0. The summed E-state index contributed by atoms with van der Waals surface area (Å²) in [5, 5.41) is 38.0. The normalized spacial score (nSPS) is 15.2. The lowest BCUT2D eigenvalue weighted by atomic mass is 9.74. The van der Waals surface area contributed by atoms with Gasteiger partial charge in [-0.05, 0) is 63.9 Å².